The van der Waals surface area contributed by atoms with Crippen LogP contribution in [0.15, 0.2) is 77.9 Å². The minimum Gasteiger partial charge on any atom is -0.369 e. The summed E-state index contributed by atoms with van der Waals surface area (Å²) in [5.74, 6) is -0.933. The molecule has 3 aromatic heterocycles. The summed E-state index contributed by atoms with van der Waals surface area (Å²) in [4.78, 5) is 70.7. The summed E-state index contributed by atoms with van der Waals surface area (Å²) in [5, 5.41) is 10.7. The van der Waals surface area contributed by atoms with E-state index in [1.54, 1.807) is 59.5 Å². The third-order valence-corrected chi connectivity index (χ3v) is 13.7. The molecule has 4 amide bonds. The number of imidazole rings is 1. The summed E-state index contributed by atoms with van der Waals surface area (Å²) in [5.41, 5.74) is 5.42. The number of amides is 4. The molecule has 3 aliphatic rings. The number of piperidine rings is 2. The standard InChI is InChI=1S/C37H39FN6O4S.C10H16N4O.H2/c1-40(2)36(47)31-22-27-26(13-14-28(38)34(27)49-31)23-9-11-25(12-10-23)43-20-18-42(19-21-43)17-5-7-24-6-4-8-29-33(24)41(3)37(48)44(29)30-15-16-32(45)39-35(30)46;15-10(13-6-2-1-3-7-13)4-8-14-9-5-11-12-14;/h4,6,8-14,22,30H,5,7,15-21H2,1-3H3,(H,39,45,46);5,9H,1-4,6-8H2;1H. The van der Waals surface area contributed by atoms with Crippen LogP contribution in [0.4, 0.5) is 10.1 Å². The van der Waals surface area contributed by atoms with E-state index in [0.29, 0.717) is 29.0 Å². The summed E-state index contributed by atoms with van der Waals surface area (Å²) in [6.07, 6.45) is 9.77. The number of imide groups is 1. The predicted octanol–water partition coefficient (Wildman–Crippen LogP) is 5.72. The van der Waals surface area contributed by atoms with Crippen LogP contribution in [0.3, 0.4) is 0 Å². The number of thiophene rings is 1. The number of aryl methyl sites for hydroxylation is 3. The highest BCUT2D eigenvalue weighted by Crippen LogP contribution is 2.37. The van der Waals surface area contributed by atoms with Gasteiger partial charge in [-0.1, -0.05) is 35.5 Å². The number of benzene rings is 3. The summed E-state index contributed by atoms with van der Waals surface area (Å²) < 4.78 is 20.0. The van der Waals surface area contributed by atoms with Crippen molar-refractivity contribution in [2.45, 2.75) is 64.0 Å². The SMILES string of the molecule is CN(C)C(=O)c1cc2c(-c3ccc(N4CCN(CCCc5cccc6c5n(C)c(=O)n6C5CCC(=O)NC5=O)CC4)cc3)ccc(F)c2s1.O=C(CCn1ccnn1)N1CCCCC1.[HH]. The molecule has 3 fully saturated rings. The molecule has 6 heterocycles. The number of carbonyl (C=O) groups excluding carboxylic acids is 4. The third kappa shape index (κ3) is 9.65. The number of hydrogen-bond acceptors (Lipinski definition) is 10. The number of anilines is 1. The fourth-order valence-corrected chi connectivity index (χ4v) is 10.2. The number of nitrogens with zero attached hydrogens (tertiary/aromatic N) is 9. The van der Waals surface area contributed by atoms with E-state index in [-0.39, 0.29) is 37.1 Å². The number of carbonyl (C=O) groups is 4. The molecule has 6 aromatic rings. The highest BCUT2D eigenvalue weighted by atomic mass is 32.1. The molecule has 64 heavy (non-hydrogen) atoms. The first kappa shape index (κ1) is 44.4. The average molecular weight is 893 g/mol. The Bertz CT molecular complexity index is 2700. The summed E-state index contributed by atoms with van der Waals surface area (Å²) >= 11 is 1.19. The molecular weight excluding hydrogens is 836 g/mol. The number of likely N-dealkylation sites (tertiary alicyclic amines) is 1. The van der Waals surface area contributed by atoms with Gasteiger partial charge in [-0.3, -0.25) is 43.2 Å². The largest absolute Gasteiger partial charge is 0.369 e. The number of rotatable bonds is 11. The molecule has 1 N–H and O–H groups in total. The monoisotopic (exact) mass is 892 g/mol. The third-order valence-electron chi connectivity index (χ3n) is 12.5. The molecular formula is C47H57FN10O5S. The summed E-state index contributed by atoms with van der Waals surface area (Å²) in [6, 6.07) is 18.6. The zero-order valence-electron chi connectivity index (χ0n) is 36.7. The van der Waals surface area contributed by atoms with Gasteiger partial charge in [-0.15, -0.1) is 16.4 Å². The Balaban J connectivity index is 0.000000333. The Morgan fingerprint density at radius 3 is 2.41 bits per heavy atom. The van der Waals surface area contributed by atoms with Crippen LogP contribution in [-0.4, -0.2) is 122 Å². The van der Waals surface area contributed by atoms with Gasteiger partial charge in [-0.2, -0.15) is 0 Å². The second-order valence-corrected chi connectivity index (χ2v) is 18.0. The minimum absolute atomic E-state index is 0. The van der Waals surface area contributed by atoms with Gasteiger partial charge in [0.25, 0.3) is 5.91 Å². The molecule has 17 heteroatoms. The van der Waals surface area contributed by atoms with Gasteiger partial charge in [-0.05, 0) is 92.1 Å². The average Bonchev–Trinajstić information content (AvgIpc) is 4.06. The van der Waals surface area contributed by atoms with Crippen LogP contribution in [0.5, 0.6) is 0 Å². The molecule has 9 rings (SSSR count). The molecule has 0 saturated carbocycles. The van der Waals surface area contributed by atoms with Crippen LogP contribution in [0, 0.1) is 5.82 Å². The smallest absolute Gasteiger partial charge is 0.329 e. The number of fused-ring (bicyclic) bond motifs is 2. The van der Waals surface area contributed by atoms with Crippen LogP contribution in [0.1, 0.15) is 67.6 Å². The maximum Gasteiger partial charge on any atom is 0.329 e. The number of nitrogens with one attached hydrogen (secondary N) is 1. The van der Waals surface area contributed by atoms with Crippen molar-refractivity contribution in [3.05, 3.63) is 99.8 Å². The molecule has 0 radical (unpaired) electrons. The molecule has 1 unspecified atom stereocenters. The normalized spacial score (nSPS) is 17.1. The zero-order chi connectivity index (χ0) is 44.9. The number of halogens is 1. The fraction of sp³-hybridized carbons (Fsp3) is 0.426. The van der Waals surface area contributed by atoms with Crippen LogP contribution in [-0.2, 0) is 34.4 Å². The number of aromatic nitrogens is 5. The first-order chi connectivity index (χ1) is 31.0. The van der Waals surface area contributed by atoms with Gasteiger partial charge in [0.05, 0.1) is 33.4 Å². The Morgan fingerprint density at radius 1 is 0.938 bits per heavy atom. The maximum atomic E-state index is 14.7. The molecule has 0 bridgehead atoms. The van der Waals surface area contributed by atoms with Crippen LogP contribution in [0.25, 0.3) is 32.2 Å². The molecule has 338 valence electrons. The van der Waals surface area contributed by atoms with E-state index in [0.717, 1.165) is 110 Å². The van der Waals surface area contributed by atoms with E-state index in [2.05, 4.69) is 55.8 Å². The number of hydrogen-bond donors (Lipinski definition) is 1. The Kier molecular flexibility index (Phi) is 13.7. The Hall–Kier alpha value is -6.20. The van der Waals surface area contributed by atoms with E-state index in [9.17, 15) is 28.4 Å². The molecule has 0 spiro atoms. The fourth-order valence-electron chi connectivity index (χ4n) is 9.06. The van der Waals surface area contributed by atoms with Crippen molar-refractivity contribution < 1.29 is 25.0 Å². The van der Waals surface area contributed by atoms with Crippen molar-refractivity contribution in [2.75, 3.05) is 64.8 Å². The van der Waals surface area contributed by atoms with E-state index < -0.39 is 11.9 Å². The lowest BCUT2D eigenvalue weighted by atomic mass is 10.0. The van der Waals surface area contributed by atoms with Gasteiger partial charge >= 0.3 is 5.69 Å². The van der Waals surface area contributed by atoms with E-state index in [1.165, 1.54) is 28.7 Å². The highest BCUT2D eigenvalue weighted by Gasteiger charge is 2.32. The molecule has 0 aliphatic carbocycles. The van der Waals surface area contributed by atoms with Crippen LogP contribution < -0.4 is 15.9 Å². The van der Waals surface area contributed by atoms with Crippen molar-refractivity contribution in [3.63, 3.8) is 0 Å². The van der Waals surface area contributed by atoms with Crippen molar-refractivity contribution >= 4 is 61.8 Å². The van der Waals surface area contributed by atoms with Gasteiger partial charge in [0.15, 0.2) is 0 Å². The first-order valence-corrected chi connectivity index (χ1v) is 22.9. The maximum absolute atomic E-state index is 14.7. The van der Waals surface area contributed by atoms with Gasteiger partial charge in [0, 0.05) is 92.0 Å². The highest BCUT2D eigenvalue weighted by molar-refractivity contribution is 7.21. The lowest BCUT2D eigenvalue weighted by molar-refractivity contribution is -0.136. The van der Waals surface area contributed by atoms with Crippen molar-refractivity contribution in [1.29, 1.82) is 0 Å². The number of para-hydroxylation sites is 1. The second-order valence-electron chi connectivity index (χ2n) is 16.9. The van der Waals surface area contributed by atoms with Gasteiger partial charge < -0.3 is 14.7 Å². The lowest BCUT2D eigenvalue weighted by Gasteiger charge is -2.36. The molecule has 1 atom stereocenters. The van der Waals surface area contributed by atoms with Crippen LogP contribution >= 0.6 is 11.3 Å². The quantitative estimate of drug-likeness (QED) is 0.161. The number of piperazine rings is 1. The van der Waals surface area contributed by atoms with Gasteiger partial charge in [0.2, 0.25) is 17.7 Å². The minimum atomic E-state index is -0.690. The van der Waals surface area contributed by atoms with E-state index >= 15 is 0 Å². The second kappa shape index (κ2) is 19.7. The molecule has 3 aromatic carbocycles. The lowest BCUT2D eigenvalue weighted by Crippen LogP contribution is -2.46. The van der Waals surface area contributed by atoms with Gasteiger partial charge in [-0.25, -0.2) is 9.18 Å². The van der Waals surface area contributed by atoms with Crippen LogP contribution in [0.2, 0.25) is 0 Å². The molecule has 3 aliphatic heterocycles. The van der Waals surface area contributed by atoms with Crippen molar-refractivity contribution in [3.8, 4) is 11.1 Å². The van der Waals surface area contributed by atoms with Crippen molar-refractivity contribution in [2.24, 2.45) is 7.05 Å². The molecule has 15 nitrogen and oxygen atoms in total. The predicted molar refractivity (Wildman–Crippen MR) is 248 cm³/mol. The van der Waals surface area contributed by atoms with E-state index in [4.69, 9.17) is 0 Å². The summed E-state index contributed by atoms with van der Waals surface area (Å²) in [7, 11) is 5.14. The van der Waals surface area contributed by atoms with Crippen molar-refractivity contribution in [1.82, 2.24) is 44.1 Å². The Morgan fingerprint density at radius 2 is 1.70 bits per heavy atom. The van der Waals surface area contributed by atoms with E-state index in [1.807, 2.05) is 17.0 Å². The molecule has 3 saturated heterocycles. The Labute approximate surface area is 376 Å². The van der Waals surface area contributed by atoms with Gasteiger partial charge in [0.1, 0.15) is 11.9 Å². The zero-order valence-corrected chi connectivity index (χ0v) is 37.5. The first-order valence-electron chi connectivity index (χ1n) is 22.1. The summed E-state index contributed by atoms with van der Waals surface area (Å²) in [6.45, 7) is 7.10. The topological polar surface area (TPSA) is 151 Å².